The van der Waals surface area contributed by atoms with Gasteiger partial charge < -0.3 is 9.84 Å². The molecule has 1 aromatic heterocycles. The van der Waals surface area contributed by atoms with E-state index in [4.69, 9.17) is 4.74 Å². The average Bonchev–Trinajstić information content (AvgIpc) is 2.56. The summed E-state index contributed by atoms with van der Waals surface area (Å²) in [5, 5.41) is 11.9. The molecule has 0 fully saturated rings. The second-order valence-electron chi connectivity index (χ2n) is 5.82. The number of carbonyl (C=O) groups is 1. The number of benzene rings is 2. The Morgan fingerprint density at radius 2 is 1.74 bits per heavy atom. The van der Waals surface area contributed by atoms with E-state index in [0.29, 0.717) is 5.39 Å². The number of fused-ring (bicyclic) bond motifs is 1. The van der Waals surface area contributed by atoms with Crippen molar-refractivity contribution in [2.75, 3.05) is 0 Å². The molecule has 0 amide bonds. The summed E-state index contributed by atoms with van der Waals surface area (Å²) in [6.07, 6.45) is 3.30. The highest BCUT2D eigenvalue weighted by Gasteiger charge is 2.27. The van der Waals surface area contributed by atoms with Crippen molar-refractivity contribution in [3.63, 3.8) is 0 Å². The molecule has 1 N–H and O–H groups in total. The van der Waals surface area contributed by atoms with Crippen LogP contribution in [0.3, 0.4) is 0 Å². The van der Waals surface area contributed by atoms with Gasteiger partial charge in [0.05, 0.1) is 0 Å². The molecule has 0 aliphatic rings. The highest BCUT2D eigenvalue weighted by molar-refractivity contribution is 6.01. The van der Waals surface area contributed by atoms with E-state index in [9.17, 15) is 9.90 Å². The van der Waals surface area contributed by atoms with E-state index < -0.39 is 11.6 Å². The smallest absolute Gasteiger partial charge is 0.342 e. The van der Waals surface area contributed by atoms with E-state index in [1.165, 1.54) is 0 Å². The van der Waals surface area contributed by atoms with Crippen LogP contribution < -0.4 is 0 Å². The van der Waals surface area contributed by atoms with Crippen molar-refractivity contribution < 1.29 is 14.6 Å². The van der Waals surface area contributed by atoms with Gasteiger partial charge in [-0.25, -0.2) is 4.79 Å². The molecule has 0 saturated heterocycles. The monoisotopic (exact) mass is 307 g/mol. The summed E-state index contributed by atoms with van der Waals surface area (Å²) < 4.78 is 5.61. The van der Waals surface area contributed by atoms with Crippen LogP contribution >= 0.6 is 0 Å². The number of aromatic hydroxyl groups is 1. The molecule has 2 aromatic carbocycles. The van der Waals surface area contributed by atoms with Crippen molar-refractivity contribution in [2.45, 2.75) is 19.4 Å². The number of nitrogens with zero attached hydrogens (tertiary/aromatic N) is 1. The van der Waals surface area contributed by atoms with Crippen LogP contribution in [0.4, 0.5) is 0 Å². The Hall–Kier alpha value is -2.88. The van der Waals surface area contributed by atoms with Crippen LogP contribution in [0.1, 0.15) is 29.8 Å². The van der Waals surface area contributed by atoms with E-state index in [2.05, 4.69) is 4.98 Å². The molecule has 1 heterocycles. The minimum absolute atomic E-state index is 0.0568. The number of carbonyl (C=O) groups excluding carboxylic acids is 1. The average molecular weight is 307 g/mol. The molecule has 116 valence electrons. The number of hydrogen-bond donors (Lipinski definition) is 1. The topological polar surface area (TPSA) is 59.4 Å². The summed E-state index contributed by atoms with van der Waals surface area (Å²) in [6, 6.07) is 14.3. The molecule has 0 bridgehead atoms. The molecule has 0 aliphatic carbocycles. The largest absolute Gasteiger partial charge is 0.506 e. The summed E-state index contributed by atoms with van der Waals surface area (Å²) >= 11 is 0. The molecule has 0 radical (unpaired) electrons. The van der Waals surface area contributed by atoms with Crippen molar-refractivity contribution in [3.8, 4) is 5.75 Å². The minimum Gasteiger partial charge on any atom is -0.506 e. The van der Waals surface area contributed by atoms with Gasteiger partial charge in [0.15, 0.2) is 0 Å². The maximum Gasteiger partial charge on any atom is 0.342 e. The van der Waals surface area contributed by atoms with Crippen molar-refractivity contribution in [1.82, 2.24) is 4.98 Å². The van der Waals surface area contributed by atoms with Gasteiger partial charge in [-0.2, -0.15) is 0 Å². The minimum atomic E-state index is -0.821. The van der Waals surface area contributed by atoms with Gasteiger partial charge in [-0.15, -0.1) is 0 Å². The van der Waals surface area contributed by atoms with Gasteiger partial charge in [0.1, 0.15) is 16.9 Å². The third-order valence-corrected chi connectivity index (χ3v) is 3.84. The second-order valence-corrected chi connectivity index (χ2v) is 5.82. The van der Waals surface area contributed by atoms with Gasteiger partial charge in [-0.3, -0.25) is 4.98 Å². The van der Waals surface area contributed by atoms with E-state index in [-0.39, 0.29) is 11.3 Å². The van der Waals surface area contributed by atoms with E-state index in [0.717, 1.165) is 10.9 Å². The van der Waals surface area contributed by atoms with Gasteiger partial charge in [0, 0.05) is 17.8 Å². The lowest BCUT2D eigenvalue weighted by atomic mass is 9.99. The third kappa shape index (κ3) is 2.88. The lowest BCUT2D eigenvalue weighted by Crippen LogP contribution is -2.25. The predicted octanol–water partition coefficient (Wildman–Crippen LogP) is 4.03. The van der Waals surface area contributed by atoms with Crippen LogP contribution in [0.2, 0.25) is 0 Å². The number of hydrogen-bond acceptors (Lipinski definition) is 4. The maximum absolute atomic E-state index is 12.5. The number of esters is 1. The quantitative estimate of drug-likeness (QED) is 0.742. The first-order valence-corrected chi connectivity index (χ1v) is 7.33. The van der Waals surface area contributed by atoms with Crippen LogP contribution in [0.5, 0.6) is 5.75 Å². The van der Waals surface area contributed by atoms with Crippen LogP contribution in [-0.2, 0) is 10.3 Å². The summed E-state index contributed by atoms with van der Waals surface area (Å²) in [5.41, 5.74) is 0.171. The molecule has 4 nitrogen and oxygen atoms in total. The fourth-order valence-electron chi connectivity index (χ4n) is 2.52. The van der Waals surface area contributed by atoms with Crippen molar-refractivity contribution in [3.05, 3.63) is 72.1 Å². The molecule has 4 heteroatoms. The van der Waals surface area contributed by atoms with Crippen LogP contribution in [-0.4, -0.2) is 16.1 Å². The molecule has 0 spiro atoms. The zero-order valence-corrected chi connectivity index (χ0v) is 13.0. The molecule has 0 atom stereocenters. The van der Waals surface area contributed by atoms with Crippen molar-refractivity contribution in [2.24, 2.45) is 0 Å². The summed E-state index contributed by atoms with van der Waals surface area (Å²) in [7, 11) is 0. The highest BCUT2D eigenvalue weighted by atomic mass is 16.6. The molecular formula is C19H17NO3. The van der Waals surface area contributed by atoms with Gasteiger partial charge in [-0.05, 0) is 43.0 Å². The second kappa shape index (κ2) is 5.72. The predicted molar refractivity (Wildman–Crippen MR) is 88.3 cm³/mol. The Morgan fingerprint density at radius 1 is 1.04 bits per heavy atom. The Balaban J connectivity index is 1.93. The molecule has 3 aromatic rings. The number of phenols is 1. The maximum atomic E-state index is 12.5. The molecule has 0 aliphatic heterocycles. The Bertz CT molecular complexity index is 857. The van der Waals surface area contributed by atoms with Crippen LogP contribution in [0.25, 0.3) is 10.8 Å². The first-order valence-electron chi connectivity index (χ1n) is 7.33. The SMILES string of the molecule is CC(C)(OC(=O)c1ccc2ccccc2c1O)c1ccncc1. The number of phenolic OH excluding ortho intramolecular Hbond substituents is 1. The van der Waals surface area contributed by atoms with E-state index in [1.54, 1.807) is 56.6 Å². The Labute approximate surface area is 134 Å². The molecule has 0 saturated carbocycles. The number of aromatic nitrogens is 1. The third-order valence-electron chi connectivity index (χ3n) is 3.84. The summed E-state index contributed by atoms with van der Waals surface area (Å²) in [6.45, 7) is 3.61. The van der Waals surface area contributed by atoms with Crippen LogP contribution in [0, 0.1) is 0 Å². The van der Waals surface area contributed by atoms with Gasteiger partial charge in [0.2, 0.25) is 0 Å². The lowest BCUT2D eigenvalue weighted by Gasteiger charge is -2.25. The zero-order valence-electron chi connectivity index (χ0n) is 13.0. The normalized spacial score (nSPS) is 11.4. The Kier molecular flexibility index (Phi) is 3.74. The fraction of sp³-hybridized carbons (Fsp3) is 0.158. The molecule has 0 unspecified atom stereocenters. The fourth-order valence-corrected chi connectivity index (χ4v) is 2.52. The van der Waals surface area contributed by atoms with Crippen LogP contribution in [0.15, 0.2) is 60.9 Å². The van der Waals surface area contributed by atoms with Gasteiger partial charge >= 0.3 is 5.97 Å². The number of rotatable bonds is 3. The standard InChI is InChI=1S/C19H17NO3/c1-19(2,14-9-11-20-12-10-14)23-18(22)16-8-7-13-5-3-4-6-15(13)17(16)21/h3-12,21H,1-2H3. The van der Waals surface area contributed by atoms with Crippen molar-refractivity contribution in [1.29, 1.82) is 0 Å². The Morgan fingerprint density at radius 3 is 2.48 bits per heavy atom. The number of pyridine rings is 1. The van der Waals surface area contributed by atoms with Gasteiger partial charge in [-0.1, -0.05) is 30.3 Å². The van der Waals surface area contributed by atoms with E-state index in [1.807, 2.05) is 18.2 Å². The van der Waals surface area contributed by atoms with Gasteiger partial charge in [0.25, 0.3) is 0 Å². The first-order chi connectivity index (χ1) is 11.0. The molecule has 23 heavy (non-hydrogen) atoms. The summed E-state index contributed by atoms with van der Waals surface area (Å²) in [5.74, 6) is -0.617. The number of ether oxygens (including phenoxy) is 1. The highest BCUT2D eigenvalue weighted by Crippen LogP contribution is 2.32. The van der Waals surface area contributed by atoms with Crippen molar-refractivity contribution >= 4 is 16.7 Å². The molecular weight excluding hydrogens is 290 g/mol. The first kappa shape index (κ1) is 15.0. The lowest BCUT2D eigenvalue weighted by molar-refractivity contribution is -0.00339. The van der Waals surface area contributed by atoms with E-state index >= 15 is 0 Å². The summed E-state index contributed by atoms with van der Waals surface area (Å²) in [4.78, 5) is 16.5. The zero-order chi connectivity index (χ0) is 16.4. The molecule has 3 rings (SSSR count).